The molecule has 1 unspecified atom stereocenters. The van der Waals surface area contributed by atoms with Gasteiger partial charge in [0.1, 0.15) is 0 Å². The normalized spacial score (nSPS) is 17.1. The maximum atomic E-state index is 12.8. The number of carbonyl (C=O) groups is 2. The summed E-state index contributed by atoms with van der Waals surface area (Å²) in [4.78, 5) is 31.6. The van der Waals surface area contributed by atoms with E-state index in [9.17, 15) is 23.1 Å². The number of aliphatic hydroxyl groups excluding tert-OH is 1. The number of aliphatic carboxylic acids is 1. The van der Waals surface area contributed by atoms with Crippen LogP contribution in [0.5, 0.6) is 0 Å². The molecular formula is C24H28N4NaO7S. The van der Waals surface area contributed by atoms with Gasteiger partial charge in [0.2, 0.25) is 16.1 Å². The summed E-state index contributed by atoms with van der Waals surface area (Å²) in [6.45, 7) is 0.981. The SMILES string of the molecule is CN1CCc2c(-c3ccc(S(=O)(=O)N(C)C)cc3)cc3c(c2C1)NC(=O)C3=NOC(CCO)C(=O)O.[Na]. The molecular weight excluding hydrogens is 511 g/mol. The molecule has 0 bridgehead atoms. The summed E-state index contributed by atoms with van der Waals surface area (Å²) in [6.07, 6.45) is -0.847. The minimum absolute atomic E-state index is 0. The van der Waals surface area contributed by atoms with E-state index in [-0.39, 0.29) is 46.6 Å². The smallest absolute Gasteiger partial charge is 0.347 e. The van der Waals surface area contributed by atoms with Gasteiger partial charge in [0, 0.05) is 75.3 Å². The maximum absolute atomic E-state index is 12.8. The second-order valence-corrected chi connectivity index (χ2v) is 11.1. The number of hydrogen-bond donors (Lipinski definition) is 3. The van der Waals surface area contributed by atoms with Gasteiger partial charge in [0.05, 0.1) is 10.6 Å². The molecule has 0 spiro atoms. The molecule has 37 heavy (non-hydrogen) atoms. The van der Waals surface area contributed by atoms with E-state index in [1.165, 1.54) is 14.1 Å². The van der Waals surface area contributed by atoms with Crippen molar-refractivity contribution in [3.05, 3.63) is 47.0 Å². The Morgan fingerprint density at radius 2 is 1.89 bits per heavy atom. The Labute approximate surface area is 237 Å². The molecule has 11 nitrogen and oxygen atoms in total. The van der Waals surface area contributed by atoms with Crippen molar-refractivity contribution in [2.24, 2.45) is 5.16 Å². The number of rotatable bonds is 8. The van der Waals surface area contributed by atoms with Crippen LogP contribution in [0, 0.1) is 0 Å². The number of benzene rings is 2. The number of hydrogen-bond acceptors (Lipinski definition) is 8. The van der Waals surface area contributed by atoms with Gasteiger partial charge in [-0.25, -0.2) is 17.5 Å². The van der Waals surface area contributed by atoms with Crippen LogP contribution in [0.15, 0.2) is 40.4 Å². The zero-order chi connectivity index (χ0) is 26.2. The summed E-state index contributed by atoms with van der Waals surface area (Å²) in [7, 11) is 1.34. The van der Waals surface area contributed by atoms with Gasteiger partial charge in [0.15, 0.2) is 5.71 Å². The number of carbonyl (C=O) groups excluding carboxylic acids is 1. The molecule has 2 aliphatic rings. The first-order valence-electron chi connectivity index (χ1n) is 11.3. The third-order valence-electron chi connectivity index (χ3n) is 6.31. The maximum Gasteiger partial charge on any atom is 0.347 e. The molecule has 193 valence electrons. The van der Waals surface area contributed by atoms with Crippen LogP contribution in [0.3, 0.4) is 0 Å². The first-order valence-corrected chi connectivity index (χ1v) is 12.8. The van der Waals surface area contributed by atoms with E-state index in [0.717, 1.165) is 39.5 Å². The fraction of sp³-hybridized carbons (Fsp3) is 0.375. The Morgan fingerprint density at radius 3 is 2.49 bits per heavy atom. The summed E-state index contributed by atoms with van der Waals surface area (Å²) in [5.41, 5.74) is 4.60. The molecule has 2 aromatic carbocycles. The number of carboxylic acid groups (broad SMARTS) is 1. The van der Waals surface area contributed by atoms with Crippen molar-refractivity contribution >= 4 is 62.9 Å². The van der Waals surface area contributed by atoms with Gasteiger partial charge >= 0.3 is 5.97 Å². The Kier molecular flexibility index (Phi) is 9.17. The largest absolute Gasteiger partial charge is 0.478 e. The summed E-state index contributed by atoms with van der Waals surface area (Å²) in [5, 5.41) is 25.1. The molecule has 0 aromatic heterocycles. The third-order valence-corrected chi connectivity index (χ3v) is 8.14. The Hall–Kier alpha value is -2.32. The Bertz CT molecular complexity index is 1340. The first-order chi connectivity index (χ1) is 17.0. The van der Waals surface area contributed by atoms with Gasteiger partial charge in [-0.1, -0.05) is 17.3 Å². The van der Waals surface area contributed by atoms with Crippen molar-refractivity contribution in [1.82, 2.24) is 9.21 Å². The molecule has 2 aromatic rings. The van der Waals surface area contributed by atoms with Crippen molar-refractivity contribution in [1.29, 1.82) is 0 Å². The van der Waals surface area contributed by atoms with Crippen molar-refractivity contribution in [3.63, 3.8) is 0 Å². The Balaban J connectivity index is 0.00000380. The number of nitrogens with zero attached hydrogens (tertiary/aromatic N) is 3. The standard InChI is InChI=1S/C24H28N4O7S.Na/c1-27(2)36(33,34)15-6-4-14(5-7-15)17-12-18-21(19-13-28(3)10-8-16(17)19)25-23(30)22(18)26-35-20(9-11-29)24(31)32;/h4-7,12,20,29H,8-11,13H2,1-3H3,(H,31,32)(H,25,26,30);. The number of nitrogens with one attached hydrogen (secondary N) is 1. The average molecular weight is 540 g/mol. The number of amides is 1. The zero-order valence-corrected chi connectivity index (χ0v) is 24.0. The molecule has 2 heterocycles. The molecule has 0 saturated carbocycles. The molecule has 0 aliphatic carbocycles. The monoisotopic (exact) mass is 539 g/mol. The topological polar surface area (TPSA) is 149 Å². The molecule has 4 rings (SSSR count). The van der Waals surface area contributed by atoms with Crippen LogP contribution in [0.25, 0.3) is 11.1 Å². The molecule has 3 N–H and O–H groups in total. The van der Waals surface area contributed by atoms with E-state index in [1.54, 1.807) is 30.3 Å². The summed E-state index contributed by atoms with van der Waals surface area (Å²) < 4.78 is 26.1. The van der Waals surface area contributed by atoms with Crippen LogP contribution < -0.4 is 5.32 Å². The van der Waals surface area contributed by atoms with Crippen LogP contribution >= 0.6 is 0 Å². The van der Waals surface area contributed by atoms with Crippen molar-refractivity contribution < 1.29 is 33.1 Å². The van der Waals surface area contributed by atoms with E-state index in [4.69, 9.17) is 9.94 Å². The van der Waals surface area contributed by atoms with Crippen LogP contribution in [0.2, 0.25) is 0 Å². The number of aliphatic hydroxyl groups is 1. The fourth-order valence-electron chi connectivity index (χ4n) is 4.34. The fourth-order valence-corrected chi connectivity index (χ4v) is 5.24. The predicted molar refractivity (Wildman–Crippen MR) is 138 cm³/mol. The first kappa shape index (κ1) is 29.2. The molecule has 1 amide bonds. The summed E-state index contributed by atoms with van der Waals surface area (Å²) in [6, 6.07) is 8.36. The number of carboxylic acids is 1. The quantitative estimate of drug-likeness (QED) is 0.328. The number of fused-ring (bicyclic) bond motifs is 3. The van der Waals surface area contributed by atoms with Crippen molar-refractivity contribution in [2.45, 2.75) is 30.4 Å². The molecule has 1 atom stereocenters. The van der Waals surface area contributed by atoms with Crippen LogP contribution in [0.1, 0.15) is 23.1 Å². The van der Waals surface area contributed by atoms with E-state index < -0.39 is 34.6 Å². The number of oxime groups is 1. The van der Waals surface area contributed by atoms with E-state index >= 15 is 0 Å². The summed E-state index contributed by atoms with van der Waals surface area (Å²) in [5.74, 6) is -1.81. The second-order valence-electron chi connectivity index (χ2n) is 8.94. The zero-order valence-electron chi connectivity index (χ0n) is 21.2. The molecule has 2 aliphatic heterocycles. The minimum Gasteiger partial charge on any atom is -0.478 e. The summed E-state index contributed by atoms with van der Waals surface area (Å²) >= 11 is 0. The van der Waals surface area contributed by atoms with E-state index in [2.05, 4.69) is 15.4 Å². The van der Waals surface area contributed by atoms with Gasteiger partial charge < -0.3 is 25.3 Å². The van der Waals surface area contributed by atoms with Gasteiger partial charge in [-0.3, -0.25) is 4.79 Å². The van der Waals surface area contributed by atoms with Crippen LogP contribution in [0.4, 0.5) is 5.69 Å². The Morgan fingerprint density at radius 1 is 1.22 bits per heavy atom. The second kappa shape index (κ2) is 11.6. The molecule has 1 radical (unpaired) electrons. The predicted octanol–water partition coefficient (Wildman–Crippen LogP) is 0.719. The van der Waals surface area contributed by atoms with Gasteiger partial charge in [-0.15, -0.1) is 0 Å². The van der Waals surface area contributed by atoms with E-state index in [0.29, 0.717) is 17.8 Å². The van der Waals surface area contributed by atoms with Gasteiger partial charge in [0.25, 0.3) is 5.91 Å². The number of sulfonamides is 1. The average Bonchev–Trinajstić information content (AvgIpc) is 3.16. The third kappa shape index (κ3) is 5.75. The van der Waals surface area contributed by atoms with Crippen LogP contribution in [-0.2, 0) is 37.4 Å². The van der Waals surface area contributed by atoms with Crippen molar-refractivity contribution in [3.8, 4) is 11.1 Å². The van der Waals surface area contributed by atoms with Crippen molar-refractivity contribution in [2.75, 3.05) is 39.6 Å². The van der Waals surface area contributed by atoms with E-state index in [1.807, 2.05) is 7.05 Å². The molecule has 13 heteroatoms. The minimum atomic E-state index is -3.58. The number of likely N-dealkylation sites (N-methyl/N-ethyl adjacent to an activating group) is 1. The van der Waals surface area contributed by atoms with Gasteiger partial charge in [-0.05, 0) is 53.9 Å². The molecule has 0 saturated heterocycles. The molecule has 0 fully saturated rings. The van der Waals surface area contributed by atoms with Gasteiger partial charge in [-0.2, -0.15) is 0 Å². The number of anilines is 1. The van der Waals surface area contributed by atoms with Crippen LogP contribution in [-0.4, -0.2) is 115 Å².